The van der Waals surface area contributed by atoms with Crippen LogP contribution in [0.15, 0.2) is 18.3 Å². The van der Waals surface area contributed by atoms with Gasteiger partial charge in [-0.25, -0.2) is 9.78 Å². The van der Waals surface area contributed by atoms with Crippen LogP contribution in [0.1, 0.15) is 24.2 Å². The quantitative estimate of drug-likeness (QED) is 0.816. The molecule has 0 radical (unpaired) electrons. The predicted octanol–water partition coefficient (Wildman–Crippen LogP) is 1.64. The summed E-state index contributed by atoms with van der Waals surface area (Å²) in [5.74, 6) is -0.277. The van der Waals surface area contributed by atoms with Crippen LogP contribution in [-0.2, 0) is 4.74 Å². The van der Waals surface area contributed by atoms with Gasteiger partial charge in [-0.1, -0.05) is 0 Å². The fraction of sp³-hybridized carbons (Fsp3) is 0.500. The van der Waals surface area contributed by atoms with Gasteiger partial charge in [0.25, 0.3) is 0 Å². The summed E-state index contributed by atoms with van der Waals surface area (Å²) in [5, 5.41) is 8.93. The van der Waals surface area contributed by atoms with Crippen molar-refractivity contribution in [1.29, 1.82) is 0 Å². The maximum absolute atomic E-state index is 10.9. The van der Waals surface area contributed by atoms with Gasteiger partial charge in [0.1, 0.15) is 5.82 Å². The largest absolute Gasteiger partial charge is 0.478 e. The topological polar surface area (TPSA) is 62.7 Å². The molecular formula is C12H18N2O3. The van der Waals surface area contributed by atoms with Crippen molar-refractivity contribution in [1.82, 2.24) is 4.98 Å². The van der Waals surface area contributed by atoms with Crippen molar-refractivity contribution < 1.29 is 14.6 Å². The number of nitrogens with zero attached hydrogens (tertiary/aromatic N) is 2. The highest BCUT2D eigenvalue weighted by molar-refractivity contribution is 5.88. The van der Waals surface area contributed by atoms with Crippen molar-refractivity contribution in [2.24, 2.45) is 0 Å². The zero-order valence-corrected chi connectivity index (χ0v) is 10.4. The Bertz CT molecular complexity index is 382. The maximum Gasteiger partial charge on any atom is 0.335 e. The normalized spacial score (nSPS) is 12.2. The molecule has 1 aromatic rings. The van der Waals surface area contributed by atoms with Crippen LogP contribution in [0.5, 0.6) is 0 Å². The summed E-state index contributed by atoms with van der Waals surface area (Å²) in [6.45, 7) is 5.34. The molecule has 1 atom stereocenters. The average Bonchev–Trinajstić information content (AvgIpc) is 2.30. The van der Waals surface area contributed by atoms with Crippen LogP contribution in [0, 0.1) is 0 Å². The van der Waals surface area contributed by atoms with Gasteiger partial charge in [0.2, 0.25) is 0 Å². The third kappa shape index (κ3) is 3.42. The number of rotatable bonds is 6. The van der Waals surface area contributed by atoms with Gasteiger partial charge in [0, 0.05) is 19.9 Å². The molecule has 0 bridgehead atoms. The highest BCUT2D eigenvalue weighted by atomic mass is 16.5. The third-order valence-corrected chi connectivity index (χ3v) is 2.57. The molecule has 0 saturated carbocycles. The second-order valence-electron chi connectivity index (χ2n) is 3.80. The first kappa shape index (κ1) is 13.4. The van der Waals surface area contributed by atoms with Crippen LogP contribution in [0.2, 0.25) is 0 Å². The Labute approximate surface area is 101 Å². The maximum atomic E-state index is 10.9. The average molecular weight is 238 g/mol. The van der Waals surface area contributed by atoms with Crippen molar-refractivity contribution in [3.63, 3.8) is 0 Å². The second-order valence-corrected chi connectivity index (χ2v) is 3.80. The Balaban J connectivity index is 2.95. The Hall–Kier alpha value is -1.62. The second kappa shape index (κ2) is 6.20. The highest BCUT2D eigenvalue weighted by Gasteiger charge is 2.15. The highest BCUT2D eigenvalue weighted by Crippen LogP contribution is 2.15. The van der Waals surface area contributed by atoms with Gasteiger partial charge in [0.05, 0.1) is 18.2 Å². The molecule has 0 spiro atoms. The molecule has 1 heterocycles. The SMILES string of the molecule is CCN(c1cc(C(=O)O)ccn1)C(C)COC. The van der Waals surface area contributed by atoms with Crippen molar-refractivity contribution in [3.05, 3.63) is 23.9 Å². The first-order valence-corrected chi connectivity index (χ1v) is 5.55. The van der Waals surface area contributed by atoms with Crippen molar-refractivity contribution in [2.75, 3.05) is 25.2 Å². The minimum atomic E-state index is -0.941. The summed E-state index contributed by atoms with van der Waals surface area (Å²) in [5.41, 5.74) is 0.248. The number of ether oxygens (including phenoxy) is 1. The van der Waals surface area contributed by atoms with Gasteiger partial charge < -0.3 is 14.7 Å². The van der Waals surface area contributed by atoms with Crippen LogP contribution in [-0.4, -0.2) is 42.4 Å². The van der Waals surface area contributed by atoms with Crippen LogP contribution in [0.4, 0.5) is 5.82 Å². The van der Waals surface area contributed by atoms with Crippen LogP contribution in [0.25, 0.3) is 0 Å². The molecule has 0 aromatic carbocycles. The summed E-state index contributed by atoms with van der Waals surface area (Å²) >= 11 is 0. The van der Waals surface area contributed by atoms with Gasteiger partial charge >= 0.3 is 5.97 Å². The lowest BCUT2D eigenvalue weighted by Gasteiger charge is -2.28. The molecule has 0 aliphatic rings. The van der Waals surface area contributed by atoms with Gasteiger partial charge in [-0.3, -0.25) is 0 Å². The molecule has 1 aromatic heterocycles. The number of carbonyl (C=O) groups is 1. The van der Waals surface area contributed by atoms with E-state index in [-0.39, 0.29) is 11.6 Å². The standard InChI is InChI=1S/C12H18N2O3/c1-4-14(9(2)8-17-3)11-7-10(12(15)16)5-6-13-11/h5-7,9H,4,8H2,1-3H3,(H,15,16). The number of hydrogen-bond donors (Lipinski definition) is 1. The van der Waals surface area contributed by atoms with E-state index in [9.17, 15) is 4.79 Å². The first-order valence-electron chi connectivity index (χ1n) is 5.55. The van der Waals surface area contributed by atoms with Gasteiger partial charge in [-0.15, -0.1) is 0 Å². The molecular weight excluding hydrogens is 220 g/mol. The Morgan fingerprint density at radius 3 is 2.88 bits per heavy atom. The van der Waals surface area contributed by atoms with Gasteiger partial charge in [0.15, 0.2) is 0 Å². The first-order chi connectivity index (χ1) is 8.10. The van der Waals surface area contributed by atoms with Crippen molar-refractivity contribution in [3.8, 4) is 0 Å². The van der Waals surface area contributed by atoms with Gasteiger partial charge in [-0.05, 0) is 26.0 Å². The lowest BCUT2D eigenvalue weighted by atomic mass is 10.2. The van der Waals surface area contributed by atoms with Crippen LogP contribution in [0.3, 0.4) is 0 Å². The van der Waals surface area contributed by atoms with Crippen molar-refractivity contribution >= 4 is 11.8 Å². The number of aromatic nitrogens is 1. The lowest BCUT2D eigenvalue weighted by Crippen LogP contribution is -2.36. The van der Waals surface area contributed by atoms with Crippen LogP contribution >= 0.6 is 0 Å². The summed E-state index contributed by atoms with van der Waals surface area (Å²) < 4.78 is 5.10. The molecule has 0 fully saturated rings. The Kier molecular flexibility index (Phi) is 4.90. The number of carboxylic acid groups (broad SMARTS) is 1. The Morgan fingerprint density at radius 2 is 2.35 bits per heavy atom. The van der Waals surface area contributed by atoms with E-state index < -0.39 is 5.97 Å². The van der Waals surface area contributed by atoms with Gasteiger partial charge in [-0.2, -0.15) is 0 Å². The molecule has 5 nitrogen and oxygen atoms in total. The van der Waals surface area contributed by atoms with Crippen molar-refractivity contribution in [2.45, 2.75) is 19.9 Å². The van der Waals surface area contributed by atoms with E-state index in [2.05, 4.69) is 4.98 Å². The van der Waals surface area contributed by atoms with E-state index in [1.54, 1.807) is 13.2 Å². The summed E-state index contributed by atoms with van der Waals surface area (Å²) in [7, 11) is 1.64. The lowest BCUT2D eigenvalue weighted by molar-refractivity contribution is 0.0696. The van der Waals surface area contributed by atoms with E-state index in [1.807, 2.05) is 18.7 Å². The number of hydrogen-bond acceptors (Lipinski definition) is 4. The molecule has 0 amide bonds. The summed E-state index contributed by atoms with van der Waals surface area (Å²) in [6, 6.07) is 3.22. The molecule has 17 heavy (non-hydrogen) atoms. The smallest absolute Gasteiger partial charge is 0.335 e. The molecule has 0 aliphatic heterocycles. The van der Waals surface area contributed by atoms with E-state index in [0.717, 1.165) is 6.54 Å². The van der Waals surface area contributed by atoms with E-state index >= 15 is 0 Å². The third-order valence-electron chi connectivity index (χ3n) is 2.57. The monoisotopic (exact) mass is 238 g/mol. The fourth-order valence-corrected chi connectivity index (χ4v) is 1.74. The molecule has 5 heteroatoms. The predicted molar refractivity (Wildman–Crippen MR) is 65.6 cm³/mol. The number of pyridine rings is 1. The van der Waals surface area contributed by atoms with E-state index in [1.165, 1.54) is 12.3 Å². The number of aromatic carboxylic acids is 1. The molecule has 1 unspecified atom stereocenters. The summed E-state index contributed by atoms with van der Waals surface area (Å²) in [4.78, 5) is 17.1. The molecule has 94 valence electrons. The number of anilines is 1. The minimum absolute atomic E-state index is 0.154. The van der Waals surface area contributed by atoms with E-state index in [0.29, 0.717) is 12.4 Å². The summed E-state index contributed by atoms with van der Waals surface area (Å²) in [6.07, 6.45) is 1.51. The molecule has 0 saturated heterocycles. The number of methoxy groups -OCH3 is 1. The number of carboxylic acids is 1. The number of likely N-dealkylation sites (N-methyl/N-ethyl adjacent to an activating group) is 1. The molecule has 0 aliphatic carbocycles. The Morgan fingerprint density at radius 1 is 1.65 bits per heavy atom. The molecule has 1 rings (SSSR count). The zero-order chi connectivity index (χ0) is 12.8. The van der Waals surface area contributed by atoms with Crippen LogP contribution < -0.4 is 4.90 Å². The zero-order valence-electron chi connectivity index (χ0n) is 10.4. The fourth-order valence-electron chi connectivity index (χ4n) is 1.74. The minimum Gasteiger partial charge on any atom is -0.478 e. The molecule has 1 N–H and O–H groups in total. The van der Waals surface area contributed by atoms with E-state index in [4.69, 9.17) is 9.84 Å².